The van der Waals surface area contributed by atoms with E-state index in [4.69, 9.17) is 0 Å². The first-order valence-corrected chi connectivity index (χ1v) is 6.90. The van der Waals surface area contributed by atoms with Crippen molar-refractivity contribution in [1.29, 1.82) is 0 Å². The van der Waals surface area contributed by atoms with E-state index in [1.807, 2.05) is 20.8 Å². The van der Waals surface area contributed by atoms with Crippen molar-refractivity contribution in [3.8, 4) is 0 Å². The minimum Gasteiger partial charge on any atom is -0.370 e. The van der Waals surface area contributed by atoms with Gasteiger partial charge in [-0.2, -0.15) is 0 Å². The Morgan fingerprint density at radius 3 is 2.45 bits per heavy atom. The molecule has 0 aromatic carbocycles. The van der Waals surface area contributed by atoms with Gasteiger partial charge in [0, 0.05) is 24.3 Å². The summed E-state index contributed by atoms with van der Waals surface area (Å²) in [6.07, 6.45) is 0.746. The summed E-state index contributed by atoms with van der Waals surface area (Å²) in [4.78, 5) is 27.7. The SMILES string of the molecule is CCNC(=O)CNC(=O)c1cc(CC)nc(NCC)c1. The van der Waals surface area contributed by atoms with Gasteiger partial charge < -0.3 is 16.0 Å². The van der Waals surface area contributed by atoms with E-state index >= 15 is 0 Å². The molecule has 2 amide bonds. The Morgan fingerprint density at radius 1 is 1.10 bits per heavy atom. The van der Waals surface area contributed by atoms with Crippen molar-refractivity contribution in [2.75, 3.05) is 25.0 Å². The molecule has 0 radical (unpaired) electrons. The van der Waals surface area contributed by atoms with Gasteiger partial charge in [-0.3, -0.25) is 9.59 Å². The molecule has 6 nitrogen and oxygen atoms in total. The van der Waals surface area contributed by atoms with Crippen LogP contribution in [0.1, 0.15) is 36.8 Å². The summed E-state index contributed by atoms with van der Waals surface area (Å²) >= 11 is 0. The Morgan fingerprint density at radius 2 is 1.85 bits per heavy atom. The molecule has 0 bridgehead atoms. The standard InChI is InChI=1S/C14H22N4O2/c1-4-11-7-10(8-12(18-11)15-5-2)14(20)17-9-13(19)16-6-3/h7-8H,4-6,9H2,1-3H3,(H,15,18)(H,16,19)(H,17,20). The molecule has 0 saturated carbocycles. The first-order chi connectivity index (χ1) is 9.60. The summed E-state index contributed by atoms with van der Waals surface area (Å²) in [7, 11) is 0. The van der Waals surface area contributed by atoms with Crippen LogP contribution in [0.2, 0.25) is 0 Å². The van der Waals surface area contributed by atoms with E-state index < -0.39 is 0 Å². The molecule has 1 aromatic rings. The Balaban J connectivity index is 2.75. The zero-order chi connectivity index (χ0) is 15.0. The molecule has 0 saturated heterocycles. The molecule has 0 spiro atoms. The monoisotopic (exact) mass is 278 g/mol. The summed E-state index contributed by atoms with van der Waals surface area (Å²) in [6.45, 7) is 7.05. The molecule has 0 atom stereocenters. The van der Waals surface area contributed by atoms with Crippen molar-refractivity contribution < 1.29 is 9.59 Å². The number of rotatable bonds is 7. The van der Waals surface area contributed by atoms with Crippen molar-refractivity contribution in [2.45, 2.75) is 27.2 Å². The number of hydrogen-bond donors (Lipinski definition) is 3. The average Bonchev–Trinajstić information content (AvgIpc) is 2.45. The molecule has 0 unspecified atom stereocenters. The molecule has 0 aliphatic rings. The van der Waals surface area contributed by atoms with Gasteiger partial charge in [-0.1, -0.05) is 6.92 Å². The molecule has 0 fully saturated rings. The normalized spacial score (nSPS) is 9.95. The number of aromatic nitrogens is 1. The number of nitrogens with one attached hydrogen (secondary N) is 3. The number of nitrogens with zero attached hydrogens (tertiary/aromatic N) is 1. The minimum absolute atomic E-state index is 0.0208. The van der Waals surface area contributed by atoms with Gasteiger partial charge in [-0.25, -0.2) is 4.98 Å². The van der Waals surface area contributed by atoms with Gasteiger partial charge in [0.1, 0.15) is 5.82 Å². The fraction of sp³-hybridized carbons (Fsp3) is 0.500. The van der Waals surface area contributed by atoms with E-state index in [2.05, 4.69) is 20.9 Å². The van der Waals surface area contributed by atoms with Gasteiger partial charge in [0.2, 0.25) is 5.91 Å². The molecule has 20 heavy (non-hydrogen) atoms. The van der Waals surface area contributed by atoms with Gasteiger partial charge in [0.15, 0.2) is 0 Å². The Kier molecular flexibility index (Phi) is 6.49. The summed E-state index contributed by atoms with van der Waals surface area (Å²) < 4.78 is 0. The van der Waals surface area contributed by atoms with Crippen molar-refractivity contribution in [2.24, 2.45) is 0 Å². The van der Waals surface area contributed by atoms with Crippen molar-refractivity contribution in [3.63, 3.8) is 0 Å². The van der Waals surface area contributed by atoms with Crippen LogP contribution in [-0.2, 0) is 11.2 Å². The molecule has 6 heteroatoms. The van der Waals surface area contributed by atoms with E-state index in [0.29, 0.717) is 17.9 Å². The average molecular weight is 278 g/mol. The quantitative estimate of drug-likeness (QED) is 0.693. The molecule has 1 rings (SSSR count). The number of amides is 2. The number of hydrogen-bond acceptors (Lipinski definition) is 4. The van der Waals surface area contributed by atoms with Crippen LogP contribution in [0.5, 0.6) is 0 Å². The van der Waals surface area contributed by atoms with Gasteiger partial charge in [0.05, 0.1) is 6.54 Å². The largest absolute Gasteiger partial charge is 0.370 e. The third kappa shape index (κ3) is 4.87. The smallest absolute Gasteiger partial charge is 0.251 e. The van der Waals surface area contributed by atoms with Gasteiger partial charge >= 0.3 is 0 Å². The van der Waals surface area contributed by atoms with E-state index in [1.54, 1.807) is 12.1 Å². The predicted molar refractivity (Wildman–Crippen MR) is 78.8 cm³/mol. The zero-order valence-corrected chi connectivity index (χ0v) is 12.2. The first kappa shape index (κ1) is 15.9. The fourth-order valence-corrected chi connectivity index (χ4v) is 1.69. The maximum Gasteiger partial charge on any atom is 0.251 e. The van der Waals surface area contributed by atoms with Crippen LogP contribution in [-0.4, -0.2) is 36.4 Å². The molecule has 1 heterocycles. The molecular formula is C14H22N4O2. The summed E-state index contributed by atoms with van der Waals surface area (Å²) in [5, 5.41) is 8.32. The van der Waals surface area contributed by atoms with Gasteiger partial charge in [0.25, 0.3) is 5.91 Å². The molecule has 0 aliphatic carbocycles. The molecule has 1 aromatic heterocycles. The van der Waals surface area contributed by atoms with Crippen molar-refractivity contribution >= 4 is 17.6 Å². The summed E-state index contributed by atoms with van der Waals surface area (Å²) in [6, 6.07) is 3.43. The molecule has 0 aliphatic heterocycles. The van der Waals surface area contributed by atoms with Crippen LogP contribution in [0, 0.1) is 0 Å². The third-order valence-corrected chi connectivity index (χ3v) is 2.64. The number of anilines is 1. The highest BCUT2D eigenvalue weighted by Crippen LogP contribution is 2.11. The van der Waals surface area contributed by atoms with Crippen LogP contribution in [0.15, 0.2) is 12.1 Å². The zero-order valence-electron chi connectivity index (χ0n) is 12.2. The molecule has 110 valence electrons. The van der Waals surface area contributed by atoms with Crippen LogP contribution < -0.4 is 16.0 Å². The van der Waals surface area contributed by atoms with Gasteiger partial charge in [-0.15, -0.1) is 0 Å². The lowest BCUT2D eigenvalue weighted by Crippen LogP contribution is -2.36. The van der Waals surface area contributed by atoms with Crippen LogP contribution in [0.3, 0.4) is 0 Å². The number of carbonyl (C=O) groups is 2. The van der Waals surface area contributed by atoms with Crippen LogP contribution in [0.4, 0.5) is 5.82 Å². The fourth-order valence-electron chi connectivity index (χ4n) is 1.69. The third-order valence-electron chi connectivity index (χ3n) is 2.64. The lowest BCUT2D eigenvalue weighted by molar-refractivity contribution is -0.120. The lowest BCUT2D eigenvalue weighted by atomic mass is 10.2. The number of carbonyl (C=O) groups excluding carboxylic acids is 2. The number of aryl methyl sites for hydroxylation is 1. The second-order valence-corrected chi connectivity index (χ2v) is 4.25. The first-order valence-electron chi connectivity index (χ1n) is 6.90. The highest BCUT2D eigenvalue weighted by atomic mass is 16.2. The second-order valence-electron chi connectivity index (χ2n) is 4.25. The maximum absolute atomic E-state index is 12.0. The molecular weight excluding hydrogens is 256 g/mol. The number of pyridine rings is 1. The number of likely N-dealkylation sites (N-methyl/N-ethyl adjacent to an activating group) is 1. The van der Waals surface area contributed by atoms with Gasteiger partial charge in [-0.05, 0) is 32.4 Å². The predicted octanol–water partition coefficient (Wildman–Crippen LogP) is 0.942. The maximum atomic E-state index is 12.0. The minimum atomic E-state index is -0.271. The van der Waals surface area contributed by atoms with E-state index in [1.165, 1.54) is 0 Å². The molecule has 3 N–H and O–H groups in total. The second kappa shape index (κ2) is 8.14. The highest BCUT2D eigenvalue weighted by molar-refractivity contribution is 5.97. The van der Waals surface area contributed by atoms with Crippen molar-refractivity contribution in [1.82, 2.24) is 15.6 Å². The summed E-state index contributed by atoms with van der Waals surface area (Å²) in [5.41, 5.74) is 1.35. The Bertz CT molecular complexity index is 474. The highest BCUT2D eigenvalue weighted by Gasteiger charge is 2.10. The van der Waals surface area contributed by atoms with Crippen LogP contribution >= 0.6 is 0 Å². The Labute approximate surface area is 119 Å². The topological polar surface area (TPSA) is 83.1 Å². The lowest BCUT2D eigenvalue weighted by Gasteiger charge is -2.09. The summed E-state index contributed by atoms with van der Waals surface area (Å²) in [5.74, 6) is 0.208. The van der Waals surface area contributed by atoms with E-state index in [9.17, 15) is 9.59 Å². The van der Waals surface area contributed by atoms with Crippen molar-refractivity contribution in [3.05, 3.63) is 23.4 Å². The Hall–Kier alpha value is -2.11. The van der Waals surface area contributed by atoms with E-state index in [-0.39, 0.29) is 18.4 Å². The van der Waals surface area contributed by atoms with Crippen LogP contribution in [0.25, 0.3) is 0 Å². The van der Waals surface area contributed by atoms with E-state index in [0.717, 1.165) is 18.7 Å².